The third-order valence-corrected chi connectivity index (χ3v) is 3.32. The molecule has 1 aliphatic heterocycles. The van der Waals surface area contributed by atoms with Crippen molar-refractivity contribution in [1.82, 2.24) is 4.98 Å². The van der Waals surface area contributed by atoms with Gasteiger partial charge in [0.15, 0.2) is 0 Å². The maximum atomic E-state index is 11.8. The Kier molecular flexibility index (Phi) is 2.64. The summed E-state index contributed by atoms with van der Waals surface area (Å²) in [5.41, 5.74) is 0.721. The quantitative estimate of drug-likeness (QED) is 0.705. The fraction of sp³-hybridized carbons (Fsp3) is 0.200. The van der Waals surface area contributed by atoms with Crippen molar-refractivity contribution in [1.29, 1.82) is 0 Å². The molecule has 2 rings (SSSR count). The zero-order chi connectivity index (χ0) is 10.8. The van der Waals surface area contributed by atoms with Crippen LogP contribution in [0.25, 0.3) is 6.08 Å². The third kappa shape index (κ3) is 1.70. The molecule has 0 spiro atoms. The van der Waals surface area contributed by atoms with E-state index in [1.807, 2.05) is 0 Å². The molecule has 0 fully saturated rings. The van der Waals surface area contributed by atoms with Crippen LogP contribution >= 0.6 is 0 Å². The van der Waals surface area contributed by atoms with Gasteiger partial charge in [-0.15, -0.1) is 0 Å². The average Bonchev–Trinajstić information content (AvgIpc) is 2.57. The standard InChI is InChI=1S/C10H9NO3S/c1-2-14-10(12)8-6-7-4-3-5-11-9(7)15(8)13/h3-6H,2H2,1H3. The highest BCUT2D eigenvalue weighted by Crippen LogP contribution is 2.27. The van der Waals surface area contributed by atoms with Crippen LogP contribution in [-0.2, 0) is 20.3 Å². The first kappa shape index (κ1) is 10.0. The second kappa shape index (κ2) is 3.94. The Morgan fingerprint density at radius 2 is 2.40 bits per heavy atom. The van der Waals surface area contributed by atoms with E-state index in [1.165, 1.54) is 0 Å². The zero-order valence-electron chi connectivity index (χ0n) is 8.10. The number of esters is 1. The van der Waals surface area contributed by atoms with E-state index in [9.17, 15) is 9.00 Å². The lowest BCUT2D eigenvalue weighted by Crippen LogP contribution is -2.09. The second-order valence-corrected chi connectivity index (χ2v) is 4.26. The number of ether oxygens (including phenoxy) is 1. The van der Waals surface area contributed by atoms with Gasteiger partial charge in [-0.05, 0) is 19.1 Å². The van der Waals surface area contributed by atoms with Crippen molar-refractivity contribution in [3.8, 4) is 0 Å². The molecule has 0 aliphatic carbocycles. The van der Waals surface area contributed by atoms with E-state index in [4.69, 9.17) is 4.74 Å². The number of hydrogen-bond donors (Lipinski definition) is 0. The van der Waals surface area contributed by atoms with Crippen LogP contribution in [0.4, 0.5) is 0 Å². The van der Waals surface area contributed by atoms with E-state index in [1.54, 1.807) is 31.3 Å². The molecule has 2 heterocycles. The number of nitrogens with zero attached hydrogens (tertiary/aromatic N) is 1. The summed E-state index contributed by atoms with van der Waals surface area (Å²) in [6.45, 7) is 1.98. The van der Waals surface area contributed by atoms with Crippen LogP contribution in [0.3, 0.4) is 0 Å². The summed E-state index contributed by atoms with van der Waals surface area (Å²) in [7, 11) is -1.49. The number of aromatic nitrogens is 1. The van der Waals surface area contributed by atoms with Gasteiger partial charge in [0.05, 0.1) is 6.61 Å². The Morgan fingerprint density at radius 3 is 3.07 bits per heavy atom. The van der Waals surface area contributed by atoms with Gasteiger partial charge in [-0.2, -0.15) is 0 Å². The summed E-state index contributed by atoms with van der Waals surface area (Å²) in [6, 6.07) is 3.51. The highest BCUT2D eigenvalue weighted by molar-refractivity contribution is 7.90. The van der Waals surface area contributed by atoms with E-state index in [0.717, 1.165) is 5.56 Å². The lowest BCUT2D eigenvalue weighted by molar-refractivity contribution is -0.137. The number of carbonyl (C=O) groups excluding carboxylic acids is 1. The van der Waals surface area contributed by atoms with Gasteiger partial charge in [-0.1, -0.05) is 6.07 Å². The molecule has 0 radical (unpaired) electrons. The molecule has 78 valence electrons. The van der Waals surface area contributed by atoms with E-state index in [0.29, 0.717) is 5.03 Å². The summed E-state index contributed by atoms with van der Waals surface area (Å²) >= 11 is 0. The first-order valence-electron chi connectivity index (χ1n) is 4.49. The third-order valence-electron chi connectivity index (χ3n) is 1.94. The van der Waals surface area contributed by atoms with Gasteiger partial charge < -0.3 is 4.74 Å². The number of pyridine rings is 1. The molecule has 1 aliphatic rings. The van der Waals surface area contributed by atoms with E-state index < -0.39 is 16.8 Å². The Balaban J connectivity index is 2.35. The Morgan fingerprint density at radius 1 is 1.60 bits per heavy atom. The summed E-state index contributed by atoms with van der Waals surface area (Å²) in [6.07, 6.45) is 3.12. The van der Waals surface area contributed by atoms with Crippen LogP contribution in [-0.4, -0.2) is 21.8 Å². The molecular weight excluding hydrogens is 214 g/mol. The van der Waals surface area contributed by atoms with Crippen molar-refractivity contribution in [3.63, 3.8) is 0 Å². The molecular formula is C10H9NO3S. The van der Waals surface area contributed by atoms with Crippen molar-refractivity contribution in [2.24, 2.45) is 0 Å². The molecule has 1 atom stereocenters. The fourth-order valence-corrected chi connectivity index (χ4v) is 2.45. The molecule has 1 aromatic rings. The SMILES string of the molecule is CCOC(=O)C1=Cc2cccnc2S1=O. The highest BCUT2D eigenvalue weighted by atomic mass is 32.2. The molecule has 1 aromatic heterocycles. The molecule has 0 amide bonds. The molecule has 0 N–H and O–H groups in total. The number of hydrogen-bond acceptors (Lipinski definition) is 4. The molecule has 15 heavy (non-hydrogen) atoms. The maximum Gasteiger partial charge on any atom is 0.347 e. The zero-order valence-corrected chi connectivity index (χ0v) is 8.91. The summed E-state index contributed by atoms with van der Waals surface area (Å²) < 4.78 is 16.6. The monoisotopic (exact) mass is 223 g/mol. The van der Waals surface area contributed by atoms with Crippen LogP contribution in [0.2, 0.25) is 0 Å². The minimum atomic E-state index is -1.49. The normalized spacial score (nSPS) is 18.2. The molecule has 0 bridgehead atoms. The molecule has 0 saturated carbocycles. The smallest absolute Gasteiger partial charge is 0.347 e. The number of fused-ring (bicyclic) bond motifs is 1. The largest absolute Gasteiger partial charge is 0.462 e. The van der Waals surface area contributed by atoms with E-state index in [-0.39, 0.29) is 11.5 Å². The minimum Gasteiger partial charge on any atom is -0.462 e. The molecule has 5 heteroatoms. The predicted molar refractivity (Wildman–Crippen MR) is 55.3 cm³/mol. The van der Waals surface area contributed by atoms with Gasteiger partial charge in [0.1, 0.15) is 20.7 Å². The van der Waals surface area contributed by atoms with E-state index >= 15 is 0 Å². The fourth-order valence-electron chi connectivity index (χ4n) is 1.30. The Bertz CT molecular complexity index is 467. The lowest BCUT2D eigenvalue weighted by Gasteiger charge is -2.00. The number of carbonyl (C=O) groups is 1. The van der Waals surface area contributed by atoms with Crippen molar-refractivity contribution < 1.29 is 13.7 Å². The Labute approximate surface area is 89.4 Å². The van der Waals surface area contributed by atoms with Crippen LogP contribution in [0.1, 0.15) is 12.5 Å². The van der Waals surface area contributed by atoms with Gasteiger partial charge in [0.2, 0.25) is 0 Å². The van der Waals surface area contributed by atoms with Crippen LogP contribution in [0.15, 0.2) is 28.3 Å². The first-order valence-corrected chi connectivity index (χ1v) is 5.64. The lowest BCUT2D eigenvalue weighted by atomic mass is 10.2. The number of rotatable bonds is 2. The topological polar surface area (TPSA) is 56.3 Å². The molecule has 0 saturated heterocycles. The molecule has 0 aromatic carbocycles. The summed E-state index contributed by atoms with van der Waals surface area (Å²) in [5, 5.41) is 0.431. The van der Waals surface area contributed by atoms with Gasteiger partial charge in [-0.3, -0.25) is 0 Å². The van der Waals surface area contributed by atoms with Crippen LogP contribution < -0.4 is 0 Å². The first-order chi connectivity index (χ1) is 7.24. The molecule has 4 nitrogen and oxygen atoms in total. The van der Waals surface area contributed by atoms with Gasteiger partial charge in [0.25, 0.3) is 0 Å². The van der Waals surface area contributed by atoms with Crippen molar-refractivity contribution >= 4 is 22.8 Å². The highest BCUT2D eigenvalue weighted by Gasteiger charge is 2.28. The summed E-state index contributed by atoms with van der Waals surface area (Å²) in [4.78, 5) is 15.6. The Hall–Kier alpha value is -1.49. The maximum absolute atomic E-state index is 11.8. The predicted octanol–water partition coefficient (Wildman–Crippen LogP) is 1.11. The minimum absolute atomic E-state index is 0.172. The van der Waals surface area contributed by atoms with Gasteiger partial charge >= 0.3 is 5.97 Å². The van der Waals surface area contributed by atoms with Gasteiger partial charge in [0, 0.05) is 11.8 Å². The van der Waals surface area contributed by atoms with Gasteiger partial charge in [-0.25, -0.2) is 14.0 Å². The van der Waals surface area contributed by atoms with Crippen molar-refractivity contribution in [2.45, 2.75) is 11.9 Å². The van der Waals surface area contributed by atoms with Crippen molar-refractivity contribution in [2.75, 3.05) is 6.61 Å². The van der Waals surface area contributed by atoms with E-state index in [2.05, 4.69) is 4.98 Å². The van der Waals surface area contributed by atoms with Crippen molar-refractivity contribution in [3.05, 3.63) is 28.8 Å². The van der Waals surface area contributed by atoms with Crippen LogP contribution in [0, 0.1) is 0 Å². The second-order valence-electron chi connectivity index (χ2n) is 2.90. The summed E-state index contributed by atoms with van der Waals surface area (Å²) in [5.74, 6) is -0.533. The molecule has 1 unspecified atom stereocenters. The van der Waals surface area contributed by atoms with Crippen LogP contribution in [0.5, 0.6) is 0 Å². The average molecular weight is 223 g/mol.